The molecule has 4 heterocycles. The average molecular weight is 506 g/mol. The van der Waals surface area contributed by atoms with Gasteiger partial charge in [-0.3, -0.25) is 0 Å². The van der Waals surface area contributed by atoms with Gasteiger partial charge in [0.1, 0.15) is 0 Å². The normalized spacial score (nSPS) is 18.2. The van der Waals surface area contributed by atoms with Gasteiger partial charge in [-0.05, 0) is 0 Å². The first-order valence-corrected chi connectivity index (χ1v) is 13.3. The van der Waals surface area contributed by atoms with Crippen LogP contribution < -0.4 is 26.1 Å². The van der Waals surface area contributed by atoms with E-state index in [0.717, 1.165) is 45.3 Å². The van der Waals surface area contributed by atoms with Crippen molar-refractivity contribution >= 4 is 17.0 Å². The Morgan fingerprint density at radius 1 is 1.21 bits per heavy atom. The van der Waals surface area contributed by atoms with E-state index in [1.807, 2.05) is 12.4 Å². The zero-order valence-electron chi connectivity index (χ0n) is 17.2. The number of hydrogen-bond acceptors (Lipinski definition) is 7. The van der Waals surface area contributed by atoms with Crippen LogP contribution in [0.4, 0.5) is 5.82 Å². The molecule has 0 aromatic carbocycles. The summed E-state index contributed by atoms with van der Waals surface area (Å²) in [5.74, 6) is 2.50. The Hall–Kier alpha value is -1.88. The zero-order chi connectivity index (χ0) is 20.2. The van der Waals surface area contributed by atoms with Crippen LogP contribution >= 0.6 is 0 Å². The summed E-state index contributed by atoms with van der Waals surface area (Å²) in [6, 6.07) is 0.539. The van der Waals surface area contributed by atoms with Crippen molar-refractivity contribution in [2.45, 2.75) is 51.8 Å². The summed E-state index contributed by atoms with van der Waals surface area (Å²) in [4.78, 5) is 28.4. The summed E-state index contributed by atoms with van der Waals surface area (Å²) in [7, 11) is 0. The van der Waals surface area contributed by atoms with Crippen molar-refractivity contribution in [3.05, 3.63) is 22.0 Å². The molecule has 154 valence electrons. The van der Waals surface area contributed by atoms with Gasteiger partial charge in [0.15, 0.2) is 0 Å². The van der Waals surface area contributed by atoms with Crippen LogP contribution in [-0.2, 0) is 16.9 Å². The van der Waals surface area contributed by atoms with E-state index < -0.39 is 5.60 Å². The average Bonchev–Trinajstić information content (AvgIpc) is 3.48. The van der Waals surface area contributed by atoms with Gasteiger partial charge in [-0.2, -0.15) is 0 Å². The fraction of sp³-hybridized carbons (Fsp3) is 0.550. The molecule has 9 heteroatoms. The summed E-state index contributed by atoms with van der Waals surface area (Å²) in [6.07, 6.45) is 6.11. The molecule has 3 aromatic rings. The SMILES string of the molecule is CCN(c1nc(-c2cnc([I-]C)nc2)nc2c1nc1n2CCOC1(C)C)C1CC1. The first-order chi connectivity index (χ1) is 14.0. The molecule has 0 atom stereocenters. The van der Waals surface area contributed by atoms with Crippen molar-refractivity contribution in [1.82, 2.24) is 29.5 Å². The number of imidazole rings is 1. The maximum absolute atomic E-state index is 5.99. The fourth-order valence-corrected chi connectivity index (χ4v) is 4.77. The van der Waals surface area contributed by atoms with Crippen LogP contribution in [0, 0.1) is 3.83 Å². The van der Waals surface area contributed by atoms with E-state index in [-0.39, 0.29) is 21.2 Å². The molecule has 0 unspecified atom stereocenters. The van der Waals surface area contributed by atoms with Crippen molar-refractivity contribution in [1.29, 1.82) is 0 Å². The van der Waals surface area contributed by atoms with Gasteiger partial charge < -0.3 is 0 Å². The van der Waals surface area contributed by atoms with Gasteiger partial charge in [0.25, 0.3) is 0 Å². The Bertz CT molecular complexity index is 1060. The molecule has 0 radical (unpaired) electrons. The molecule has 1 aliphatic carbocycles. The van der Waals surface area contributed by atoms with E-state index in [4.69, 9.17) is 19.7 Å². The number of aromatic nitrogens is 6. The number of rotatable bonds is 5. The predicted octanol–water partition coefficient (Wildman–Crippen LogP) is -0.574. The van der Waals surface area contributed by atoms with E-state index in [1.54, 1.807) is 0 Å². The molecule has 0 amide bonds. The molecule has 0 saturated heterocycles. The van der Waals surface area contributed by atoms with Crippen molar-refractivity contribution < 1.29 is 25.9 Å². The summed E-state index contributed by atoms with van der Waals surface area (Å²) in [6.45, 7) is 8.61. The number of nitrogens with zero attached hydrogens (tertiary/aromatic N) is 7. The monoisotopic (exact) mass is 506 g/mol. The molecule has 3 aromatic heterocycles. The van der Waals surface area contributed by atoms with Crippen LogP contribution in [0.3, 0.4) is 0 Å². The van der Waals surface area contributed by atoms with Crippen molar-refractivity contribution in [2.24, 2.45) is 0 Å². The number of fused-ring (bicyclic) bond motifs is 3. The van der Waals surface area contributed by atoms with Crippen LogP contribution in [0.15, 0.2) is 12.4 Å². The van der Waals surface area contributed by atoms with Gasteiger partial charge in [-0.15, -0.1) is 0 Å². The van der Waals surface area contributed by atoms with Crippen molar-refractivity contribution in [3.8, 4) is 11.4 Å². The number of halogens is 1. The molecule has 1 saturated carbocycles. The third-order valence-electron chi connectivity index (χ3n) is 5.54. The Labute approximate surface area is 180 Å². The standard InChI is InChI=1S/C20H25IN7O/c1-5-27(13-6-7-13)16-14-17(28-8-9-29-20(2,3)18(28)24-14)26-15(25-16)12-10-22-19(21-4)23-11-12/h10-11,13H,5-9H2,1-4H3/q-1. The van der Waals surface area contributed by atoms with Crippen LogP contribution in [0.2, 0.25) is 0 Å². The molecule has 29 heavy (non-hydrogen) atoms. The van der Waals surface area contributed by atoms with E-state index >= 15 is 0 Å². The van der Waals surface area contributed by atoms with Gasteiger partial charge in [0.05, 0.1) is 0 Å². The Kier molecular flexibility index (Phi) is 4.69. The third-order valence-corrected chi connectivity index (χ3v) is 7.06. The molecule has 2 aliphatic rings. The van der Waals surface area contributed by atoms with Crippen molar-refractivity contribution in [3.63, 3.8) is 0 Å². The Morgan fingerprint density at radius 3 is 2.62 bits per heavy atom. The molecule has 1 fully saturated rings. The van der Waals surface area contributed by atoms with Gasteiger partial charge in [0, 0.05) is 0 Å². The fourth-order valence-electron chi connectivity index (χ4n) is 3.94. The molecule has 8 nitrogen and oxygen atoms in total. The van der Waals surface area contributed by atoms with Crippen LogP contribution in [0.1, 0.15) is 39.4 Å². The molecule has 0 N–H and O–H groups in total. The maximum atomic E-state index is 5.99. The summed E-state index contributed by atoms with van der Waals surface area (Å²) < 4.78 is 9.11. The second-order valence-electron chi connectivity index (χ2n) is 7.94. The summed E-state index contributed by atoms with van der Waals surface area (Å²) in [5, 5.41) is 0. The predicted molar refractivity (Wildman–Crippen MR) is 106 cm³/mol. The van der Waals surface area contributed by atoms with Gasteiger partial charge in [0.2, 0.25) is 0 Å². The van der Waals surface area contributed by atoms with E-state index in [1.165, 1.54) is 12.8 Å². The molecule has 0 bridgehead atoms. The first-order valence-electron chi connectivity index (χ1n) is 10.0. The van der Waals surface area contributed by atoms with E-state index in [9.17, 15) is 0 Å². The third kappa shape index (κ3) is 3.27. The summed E-state index contributed by atoms with van der Waals surface area (Å²) in [5.41, 5.74) is 2.15. The topological polar surface area (TPSA) is 81.9 Å². The minimum atomic E-state index is -0.442. The van der Waals surface area contributed by atoms with Crippen LogP contribution in [0.5, 0.6) is 0 Å². The molecular formula is C20H25IN7O-. The van der Waals surface area contributed by atoms with E-state index in [2.05, 4.69) is 45.1 Å². The number of anilines is 1. The van der Waals surface area contributed by atoms with Gasteiger partial charge in [-0.25, -0.2) is 0 Å². The quantitative estimate of drug-likeness (QED) is 0.261. The van der Waals surface area contributed by atoms with Gasteiger partial charge >= 0.3 is 181 Å². The van der Waals surface area contributed by atoms with Crippen LogP contribution in [0.25, 0.3) is 22.6 Å². The number of alkyl halides is 1. The molecular weight excluding hydrogens is 481 g/mol. The second-order valence-corrected chi connectivity index (χ2v) is 9.98. The van der Waals surface area contributed by atoms with E-state index in [0.29, 0.717) is 18.5 Å². The number of hydrogen-bond donors (Lipinski definition) is 0. The zero-order valence-corrected chi connectivity index (χ0v) is 19.3. The Balaban J connectivity index is 1.74. The Morgan fingerprint density at radius 2 is 1.97 bits per heavy atom. The molecule has 0 spiro atoms. The van der Waals surface area contributed by atoms with Crippen molar-refractivity contribution in [2.75, 3.05) is 23.0 Å². The molecule has 1 aliphatic heterocycles. The molecule has 5 rings (SSSR count). The first kappa shape index (κ1) is 19.1. The minimum absolute atomic E-state index is 0.132. The van der Waals surface area contributed by atoms with Crippen LogP contribution in [-0.4, -0.2) is 53.6 Å². The van der Waals surface area contributed by atoms with Gasteiger partial charge in [-0.1, -0.05) is 0 Å². The second kappa shape index (κ2) is 7.12. The number of ether oxygens (including phenoxy) is 1. The summed E-state index contributed by atoms with van der Waals surface area (Å²) >= 11 is -0.132.